The number of piperidine rings is 1. The molecule has 2 rings (SSSR count). The van der Waals surface area contributed by atoms with Gasteiger partial charge in [0.05, 0.1) is 0 Å². The van der Waals surface area contributed by atoms with Crippen LogP contribution in [-0.2, 0) is 0 Å². The Hall–Kier alpha value is -0.0800. The molecule has 0 bridgehead atoms. The first-order chi connectivity index (χ1) is 8.81. The first-order valence-corrected chi connectivity index (χ1v) is 8.24. The second-order valence-electron chi connectivity index (χ2n) is 6.48. The number of nitrogens with one attached hydrogen (secondary N) is 1. The first-order valence-electron chi connectivity index (χ1n) is 8.24. The molecule has 3 unspecified atom stereocenters. The molecule has 0 amide bonds. The molecule has 0 radical (unpaired) electrons. The lowest BCUT2D eigenvalue weighted by Gasteiger charge is -2.37. The van der Waals surface area contributed by atoms with Crippen LogP contribution in [0.5, 0.6) is 0 Å². The number of hydrogen-bond acceptors (Lipinski definition) is 2. The second-order valence-corrected chi connectivity index (χ2v) is 6.48. The molecule has 0 aromatic heterocycles. The van der Waals surface area contributed by atoms with Crippen molar-refractivity contribution < 1.29 is 0 Å². The van der Waals surface area contributed by atoms with Gasteiger partial charge in [-0.2, -0.15) is 0 Å². The maximum Gasteiger partial charge on any atom is 0.0220 e. The zero-order valence-corrected chi connectivity index (χ0v) is 12.5. The van der Waals surface area contributed by atoms with E-state index in [1.54, 1.807) is 0 Å². The van der Waals surface area contributed by atoms with Gasteiger partial charge in [-0.25, -0.2) is 0 Å². The Morgan fingerprint density at radius 3 is 2.56 bits per heavy atom. The van der Waals surface area contributed by atoms with Crippen molar-refractivity contribution in [3.8, 4) is 0 Å². The Labute approximate surface area is 114 Å². The minimum atomic E-state index is 0.798. The van der Waals surface area contributed by atoms with E-state index in [2.05, 4.69) is 24.2 Å². The number of likely N-dealkylation sites (N-methyl/N-ethyl adjacent to an activating group) is 1. The summed E-state index contributed by atoms with van der Waals surface area (Å²) in [6.45, 7) is 4.78. The van der Waals surface area contributed by atoms with Crippen LogP contribution in [-0.4, -0.2) is 37.1 Å². The van der Waals surface area contributed by atoms with Gasteiger partial charge in [-0.05, 0) is 51.6 Å². The molecule has 1 aliphatic heterocycles. The summed E-state index contributed by atoms with van der Waals surface area (Å²) in [5.41, 5.74) is 0. The molecule has 106 valence electrons. The molecule has 2 fully saturated rings. The molecule has 1 heterocycles. The predicted octanol–water partition coefficient (Wildman–Crippen LogP) is 3.42. The van der Waals surface area contributed by atoms with Crippen molar-refractivity contribution in [2.75, 3.05) is 20.1 Å². The van der Waals surface area contributed by atoms with Crippen molar-refractivity contribution in [1.82, 2.24) is 10.2 Å². The number of nitrogens with zero attached hydrogens (tertiary/aromatic N) is 1. The first kappa shape index (κ1) is 14.3. The fraction of sp³-hybridized carbons (Fsp3) is 1.00. The summed E-state index contributed by atoms with van der Waals surface area (Å²) in [4.78, 5) is 2.71. The fourth-order valence-corrected chi connectivity index (χ4v) is 3.94. The van der Waals surface area contributed by atoms with Gasteiger partial charge in [-0.15, -0.1) is 0 Å². The molecule has 18 heavy (non-hydrogen) atoms. The zero-order valence-electron chi connectivity index (χ0n) is 12.5. The van der Waals surface area contributed by atoms with Gasteiger partial charge >= 0.3 is 0 Å². The highest BCUT2D eigenvalue weighted by Gasteiger charge is 2.26. The standard InChI is InChI=1S/C16H32N2/c1-3-6-14-7-4-8-15(11-10-14)18(2)16-9-5-12-17-13-16/h14-17H,3-13H2,1-2H3. The Kier molecular flexibility index (Phi) is 5.97. The van der Waals surface area contributed by atoms with Crippen molar-refractivity contribution in [2.24, 2.45) is 5.92 Å². The van der Waals surface area contributed by atoms with Gasteiger partial charge in [0.25, 0.3) is 0 Å². The molecule has 0 aromatic carbocycles. The Bertz CT molecular complexity index is 223. The molecule has 1 saturated heterocycles. The molecule has 1 saturated carbocycles. The Balaban J connectivity index is 1.80. The van der Waals surface area contributed by atoms with Crippen LogP contribution in [0.3, 0.4) is 0 Å². The molecular formula is C16H32N2. The maximum atomic E-state index is 3.56. The summed E-state index contributed by atoms with van der Waals surface area (Å²) in [6, 6.07) is 1.66. The minimum absolute atomic E-state index is 0.798. The van der Waals surface area contributed by atoms with Gasteiger partial charge in [0.1, 0.15) is 0 Å². The fourth-order valence-electron chi connectivity index (χ4n) is 3.94. The topological polar surface area (TPSA) is 15.3 Å². The summed E-state index contributed by atoms with van der Waals surface area (Å²) < 4.78 is 0. The quantitative estimate of drug-likeness (QED) is 0.771. The van der Waals surface area contributed by atoms with E-state index in [4.69, 9.17) is 0 Å². The van der Waals surface area contributed by atoms with Crippen molar-refractivity contribution >= 4 is 0 Å². The number of hydrogen-bond donors (Lipinski definition) is 1. The van der Waals surface area contributed by atoms with Crippen LogP contribution < -0.4 is 5.32 Å². The van der Waals surface area contributed by atoms with Crippen LogP contribution in [0.15, 0.2) is 0 Å². The van der Waals surface area contributed by atoms with Crippen LogP contribution >= 0.6 is 0 Å². The summed E-state index contributed by atoms with van der Waals surface area (Å²) >= 11 is 0. The normalized spacial score (nSPS) is 34.5. The zero-order chi connectivity index (χ0) is 12.8. The summed E-state index contributed by atoms with van der Waals surface area (Å²) in [5.74, 6) is 1.03. The lowest BCUT2D eigenvalue weighted by Crippen LogP contribution is -2.48. The van der Waals surface area contributed by atoms with Gasteiger partial charge in [-0.1, -0.05) is 32.6 Å². The van der Waals surface area contributed by atoms with Gasteiger partial charge in [0, 0.05) is 18.6 Å². The van der Waals surface area contributed by atoms with E-state index < -0.39 is 0 Å². The SMILES string of the molecule is CCCC1CCCC(N(C)C2CCCNC2)CC1. The smallest absolute Gasteiger partial charge is 0.0220 e. The van der Waals surface area contributed by atoms with Gasteiger partial charge < -0.3 is 5.32 Å². The third-order valence-corrected chi connectivity index (χ3v) is 5.18. The predicted molar refractivity (Wildman–Crippen MR) is 78.9 cm³/mol. The van der Waals surface area contributed by atoms with Crippen molar-refractivity contribution in [2.45, 2.75) is 76.8 Å². The monoisotopic (exact) mass is 252 g/mol. The van der Waals surface area contributed by atoms with Crippen molar-refractivity contribution in [3.05, 3.63) is 0 Å². The van der Waals surface area contributed by atoms with Gasteiger partial charge in [0.15, 0.2) is 0 Å². The molecule has 3 atom stereocenters. The van der Waals surface area contributed by atoms with Crippen LogP contribution in [0.1, 0.15) is 64.7 Å². The average molecular weight is 252 g/mol. The highest BCUT2D eigenvalue weighted by Crippen LogP contribution is 2.29. The maximum absolute atomic E-state index is 3.56. The highest BCUT2D eigenvalue weighted by molar-refractivity contribution is 4.83. The molecule has 0 spiro atoms. The van der Waals surface area contributed by atoms with E-state index in [9.17, 15) is 0 Å². The van der Waals surface area contributed by atoms with Crippen LogP contribution in [0.2, 0.25) is 0 Å². The highest BCUT2D eigenvalue weighted by atomic mass is 15.2. The third-order valence-electron chi connectivity index (χ3n) is 5.18. The Morgan fingerprint density at radius 1 is 1.00 bits per heavy atom. The van der Waals surface area contributed by atoms with Crippen LogP contribution in [0, 0.1) is 5.92 Å². The molecule has 2 heteroatoms. The molecular weight excluding hydrogens is 220 g/mol. The molecule has 1 N–H and O–H groups in total. The van der Waals surface area contributed by atoms with E-state index in [1.165, 1.54) is 70.9 Å². The van der Waals surface area contributed by atoms with E-state index in [-0.39, 0.29) is 0 Å². The summed E-state index contributed by atoms with van der Waals surface area (Å²) in [5, 5.41) is 3.56. The summed E-state index contributed by atoms with van der Waals surface area (Å²) in [7, 11) is 2.38. The second kappa shape index (κ2) is 7.49. The summed E-state index contributed by atoms with van der Waals surface area (Å²) in [6.07, 6.45) is 12.9. The van der Waals surface area contributed by atoms with Crippen LogP contribution in [0.4, 0.5) is 0 Å². The minimum Gasteiger partial charge on any atom is -0.315 e. The molecule has 2 aliphatic rings. The largest absolute Gasteiger partial charge is 0.315 e. The molecule has 0 aromatic rings. The lowest BCUT2D eigenvalue weighted by atomic mass is 9.95. The van der Waals surface area contributed by atoms with Gasteiger partial charge in [0.2, 0.25) is 0 Å². The van der Waals surface area contributed by atoms with E-state index in [0.717, 1.165) is 18.0 Å². The average Bonchev–Trinajstić information content (AvgIpc) is 2.65. The third kappa shape index (κ3) is 3.96. The lowest BCUT2D eigenvalue weighted by molar-refractivity contribution is 0.133. The van der Waals surface area contributed by atoms with Crippen molar-refractivity contribution in [3.63, 3.8) is 0 Å². The number of rotatable bonds is 4. The Morgan fingerprint density at radius 2 is 1.83 bits per heavy atom. The van der Waals surface area contributed by atoms with E-state index >= 15 is 0 Å². The van der Waals surface area contributed by atoms with E-state index in [1.807, 2.05) is 0 Å². The molecule has 2 nitrogen and oxygen atoms in total. The van der Waals surface area contributed by atoms with E-state index in [0.29, 0.717) is 0 Å². The van der Waals surface area contributed by atoms with Crippen LogP contribution in [0.25, 0.3) is 0 Å². The van der Waals surface area contributed by atoms with Gasteiger partial charge in [-0.3, -0.25) is 4.90 Å². The molecule has 1 aliphatic carbocycles. The van der Waals surface area contributed by atoms with Crippen molar-refractivity contribution in [1.29, 1.82) is 0 Å².